The van der Waals surface area contributed by atoms with Gasteiger partial charge in [0.05, 0.1) is 20.4 Å². The van der Waals surface area contributed by atoms with Gasteiger partial charge in [-0.3, -0.25) is 9.36 Å². The van der Waals surface area contributed by atoms with Crippen molar-refractivity contribution in [3.8, 4) is 17.4 Å². The van der Waals surface area contributed by atoms with E-state index in [0.717, 1.165) is 0 Å². The minimum Gasteiger partial charge on any atom is -0.503 e. The van der Waals surface area contributed by atoms with Crippen LogP contribution in [-0.2, 0) is 0 Å². The molecule has 0 bridgehead atoms. The quantitative estimate of drug-likeness (QED) is 0.742. The number of aromatic nitrogens is 1. The Bertz CT molecular complexity index is 329. The second-order valence-electron chi connectivity index (χ2n) is 2.45. The maximum absolute atomic E-state index is 11.0. The van der Waals surface area contributed by atoms with Gasteiger partial charge >= 0.3 is 0 Å². The Morgan fingerprint density at radius 1 is 1.46 bits per heavy atom. The zero-order valence-electron chi connectivity index (χ0n) is 7.70. The van der Waals surface area contributed by atoms with Gasteiger partial charge in [-0.2, -0.15) is 0 Å². The molecule has 0 aliphatic heterocycles. The Balaban J connectivity index is 3.29. The molecule has 0 aliphatic carbocycles. The minimum absolute atomic E-state index is 0.116. The van der Waals surface area contributed by atoms with Gasteiger partial charge in [0.2, 0.25) is 17.5 Å². The molecule has 1 aromatic heterocycles. The van der Waals surface area contributed by atoms with Gasteiger partial charge in [0.25, 0.3) is 0 Å². The van der Waals surface area contributed by atoms with Gasteiger partial charge in [-0.1, -0.05) is 0 Å². The van der Waals surface area contributed by atoms with Gasteiger partial charge in [0.15, 0.2) is 5.75 Å². The first-order valence-electron chi connectivity index (χ1n) is 3.65. The average Bonchev–Trinajstić information content (AvgIpc) is 2.41. The van der Waals surface area contributed by atoms with Crippen molar-refractivity contribution in [2.75, 3.05) is 14.2 Å². The van der Waals surface area contributed by atoms with Gasteiger partial charge in [-0.25, -0.2) is 0 Å². The Kier molecular flexibility index (Phi) is 2.46. The van der Waals surface area contributed by atoms with Gasteiger partial charge in [0, 0.05) is 6.92 Å². The highest BCUT2D eigenvalue weighted by Gasteiger charge is 2.18. The molecule has 13 heavy (non-hydrogen) atoms. The average molecular weight is 185 g/mol. The smallest absolute Gasteiger partial charge is 0.248 e. The molecule has 0 spiro atoms. The molecule has 0 radical (unpaired) electrons. The molecule has 1 aromatic rings. The first-order valence-corrected chi connectivity index (χ1v) is 3.65. The summed E-state index contributed by atoms with van der Waals surface area (Å²) in [7, 11) is 2.79. The number of rotatable bonds is 2. The third kappa shape index (κ3) is 1.44. The van der Waals surface area contributed by atoms with Crippen LogP contribution in [0.15, 0.2) is 6.20 Å². The lowest BCUT2D eigenvalue weighted by Crippen LogP contribution is -2.06. The molecule has 0 aliphatic rings. The van der Waals surface area contributed by atoms with Gasteiger partial charge in [-0.15, -0.1) is 0 Å². The summed E-state index contributed by atoms with van der Waals surface area (Å²) in [5.41, 5.74) is 0. The molecule has 5 nitrogen and oxygen atoms in total. The molecule has 0 aromatic carbocycles. The third-order valence-electron chi connectivity index (χ3n) is 1.63. The van der Waals surface area contributed by atoms with Crippen LogP contribution < -0.4 is 9.47 Å². The molecule has 72 valence electrons. The molecule has 0 unspecified atom stereocenters. The zero-order valence-corrected chi connectivity index (χ0v) is 7.70. The predicted octanol–water partition coefficient (Wildman–Crippen LogP) is 0.871. The number of hydrogen-bond donors (Lipinski definition) is 1. The van der Waals surface area contributed by atoms with E-state index in [1.807, 2.05) is 0 Å². The van der Waals surface area contributed by atoms with Crippen LogP contribution in [-0.4, -0.2) is 29.8 Å². The Labute approximate surface area is 75.5 Å². The molecule has 5 heteroatoms. The Morgan fingerprint density at radius 3 is 2.46 bits per heavy atom. The predicted molar refractivity (Wildman–Crippen MR) is 45.5 cm³/mol. The maximum atomic E-state index is 11.0. The van der Waals surface area contributed by atoms with Crippen LogP contribution in [0.3, 0.4) is 0 Å². The molecular formula is C8H11NO4. The standard InChI is InChI=1S/C8H11NO4/c1-5(10)9-4-6(11)7(12-2)8(9)13-3/h4,11H,1-3H3. The molecule has 0 amide bonds. The highest BCUT2D eigenvalue weighted by atomic mass is 16.5. The van der Waals surface area contributed by atoms with Crippen molar-refractivity contribution in [1.82, 2.24) is 4.57 Å². The monoisotopic (exact) mass is 185 g/mol. The molecule has 1 heterocycles. The van der Waals surface area contributed by atoms with Gasteiger partial charge in [0.1, 0.15) is 0 Å². The van der Waals surface area contributed by atoms with Gasteiger partial charge < -0.3 is 14.6 Å². The summed E-state index contributed by atoms with van der Waals surface area (Å²) in [6, 6.07) is 0. The summed E-state index contributed by atoms with van der Waals surface area (Å²) >= 11 is 0. The SMILES string of the molecule is COc1c(O)cn(C(C)=O)c1OC. The molecule has 0 saturated carbocycles. The summed E-state index contributed by atoms with van der Waals surface area (Å²) in [6.07, 6.45) is 1.25. The van der Waals surface area contributed by atoms with E-state index in [1.165, 1.54) is 31.9 Å². The van der Waals surface area contributed by atoms with E-state index in [2.05, 4.69) is 0 Å². The summed E-state index contributed by atoms with van der Waals surface area (Å²) < 4.78 is 10.9. The van der Waals surface area contributed by atoms with Crippen molar-refractivity contribution < 1.29 is 19.4 Å². The summed E-state index contributed by atoms with van der Waals surface area (Å²) in [4.78, 5) is 11.0. The Morgan fingerprint density at radius 2 is 2.08 bits per heavy atom. The highest BCUT2D eigenvalue weighted by molar-refractivity contribution is 5.80. The number of carbonyl (C=O) groups is 1. The second-order valence-corrected chi connectivity index (χ2v) is 2.45. The van der Waals surface area contributed by atoms with Crippen LogP contribution >= 0.6 is 0 Å². The van der Waals surface area contributed by atoms with E-state index < -0.39 is 0 Å². The van der Waals surface area contributed by atoms with Crippen LogP contribution in [0.2, 0.25) is 0 Å². The molecule has 0 saturated heterocycles. The molecule has 1 N–H and O–H groups in total. The lowest BCUT2D eigenvalue weighted by molar-refractivity contribution is 0.0925. The number of hydrogen-bond acceptors (Lipinski definition) is 4. The number of aromatic hydroxyl groups is 1. The van der Waals surface area contributed by atoms with Crippen molar-refractivity contribution in [3.05, 3.63) is 6.20 Å². The molecule has 0 fully saturated rings. The van der Waals surface area contributed by atoms with Crippen molar-refractivity contribution >= 4 is 5.91 Å². The molecule has 1 rings (SSSR count). The third-order valence-corrected chi connectivity index (χ3v) is 1.63. The Hall–Kier alpha value is -1.65. The van der Waals surface area contributed by atoms with Crippen molar-refractivity contribution in [2.24, 2.45) is 0 Å². The van der Waals surface area contributed by atoms with E-state index in [4.69, 9.17) is 9.47 Å². The van der Waals surface area contributed by atoms with E-state index in [9.17, 15) is 9.90 Å². The van der Waals surface area contributed by atoms with Crippen LogP contribution in [0, 0.1) is 0 Å². The van der Waals surface area contributed by atoms with Gasteiger partial charge in [-0.05, 0) is 0 Å². The number of ether oxygens (including phenoxy) is 2. The van der Waals surface area contributed by atoms with Crippen LogP contribution in [0.5, 0.6) is 17.4 Å². The first kappa shape index (κ1) is 9.44. The lowest BCUT2D eigenvalue weighted by atomic mass is 10.5. The first-order chi connectivity index (χ1) is 6.11. The number of methoxy groups -OCH3 is 2. The van der Waals surface area contributed by atoms with Crippen LogP contribution in [0.4, 0.5) is 0 Å². The largest absolute Gasteiger partial charge is 0.503 e. The maximum Gasteiger partial charge on any atom is 0.248 e. The topological polar surface area (TPSA) is 60.7 Å². The summed E-state index contributed by atoms with van der Waals surface area (Å²) in [5, 5.41) is 9.31. The van der Waals surface area contributed by atoms with E-state index >= 15 is 0 Å². The summed E-state index contributed by atoms with van der Waals surface area (Å²) in [6.45, 7) is 1.36. The van der Waals surface area contributed by atoms with Crippen molar-refractivity contribution in [1.29, 1.82) is 0 Å². The van der Waals surface area contributed by atoms with E-state index in [-0.39, 0.29) is 23.3 Å². The molecule has 0 atom stereocenters. The highest BCUT2D eigenvalue weighted by Crippen LogP contribution is 2.37. The second kappa shape index (κ2) is 3.38. The van der Waals surface area contributed by atoms with Crippen LogP contribution in [0.25, 0.3) is 0 Å². The fourth-order valence-corrected chi connectivity index (χ4v) is 1.08. The van der Waals surface area contributed by atoms with E-state index in [0.29, 0.717) is 0 Å². The number of carbonyl (C=O) groups excluding carboxylic acids is 1. The molecular weight excluding hydrogens is 174 g/mol. The van der Waals surface area contributed by atoms with E-state index in [1.54, 1.807) is 0 Å². The van der Waals surface area contributed by atoms with Crippen LogP contribution in [0.1, 0.15) is 11.7 Å². The fraction of sp³-hybridized carbons (Fsp3) is 0.375. The number of nitrogens with zero attached hydrogens (tertiary/aromatic N) is 1. The lowest BCUT2D eigenvalue weighted by Gasteiger charge is -2.04. The summed E-state index contributed by atoms with van der Waals surface area (Å²) in [5.74, 6) is -0.00444. The fourth-order valence-electron chi connectivity index (χ4n) is 1.08. The minimum atomic E-state index is -0.254. The van der Waals surface area contributed by atoms with Crippen molar-refractivity contribution in [2.45, 2.75) is 6.92 Å². The zero-order chi connectivity index (χ0) is 10.0. The normalized spacial score (nSPS) is 9.77. The van der Waals surface area contributed by atoms with Crippen molar-refractivity contribution in [3.63, 3.8) is 0 Å².